The second-order valence-corrected chi connectivity index (χ2v) is 7.93. The summed E-state index contributed by atoms with van der Waals surface area (Å²) < 4.78 is 30.0. The fourth-order valence-corrected chi connectivity index (χ4v) is 5.03. The van der Waals surface area contributed by atoms with Crippen molar-refractivity contribution in [2.45, 2.75) is 38.6 Å². The molecule has 2 aromatic carbocycles. The summed E-state index contributed by atoms with van der Waals surface area (Å²) in [7, 11) is 4.99. The van der Waals surface area contributed by atoms with Gasteiger partial charge in [0.1, 0.15) is 5.75 Å². The van der Waals surface area contributed by atoms with Crippen molar-refractivity contribution in [1.29, 1.82) is 0 Å². The van der Waals surface area contributed by atoms with E-state index in [0.29, 0.717) is 5.76 Å². The molecule has 2 atom stereocenters. The third kappa shape index (κ3) is 3.03. The topological polar surface area (TPSA) is 46.2 Å². The molecule has 5 heteroatoms. The minimum atomic E-state index is -1.16. The first-order valence-corrected chi connectivity index (χ1v) is 10.5. The summed E-state index contributed by atoms with van der Waals surface area (Å²) in [4.78, 5) is 0. The molecule has 1 aliphatic carbocycles. The number of hydrogen-bond donors (Lipinski definition) is 0. The first-order valence-electron chi connectivity index (χ1n) is 10.5. The number of fused-ring (bicyclic) bond motifs is 1. The molecule has 0 aromatic heterocycles. The average Bonchev–Trinajstić information content (AvgIpc) is 3.15. The molecule has 1 saturated heterocycles. The summed E-state index contributed by atoms with van der Waals surface area (Å²) in [6.45, 7) is 6.34. The van der Waals surface area contributed by atoms with Gasteiger partial charge < -0.3 is 23.7 Å². The van der Waals surface area contributed by atoms with Gasteiger partial charge in [-0.1, -0.05) is 43.3 Å². The smallest absolute Gasteiger partial charge is 0.264 e. The molecule has 1 aliphatic heterocycles. The number of ether oxygens (including phenoxy) is 5. The largest absolute Gasteiger partial charge is 0.496 e. The van der Waals surface area contributed by atoms with Crippen LogP contribution in [-0.2, 0) is 18.9 Å². The van der Waals surface area contributed by atoms with Crippen LogP contribution in [0.3, 0.4) is 0 Å². The second kappa shape index (κ2) is 8.15. The number of methoxy groups -OCH3 is 3. The molecule has 0 radical (unpaired) electrons. The van der Waals surface area contributed by atoms with Gasteiger partial charge in [-0.15, -0.1) is 0 Å². The molecule has 0 amide bonds. The number of rotatable bonds is 6. The number of benzene rings is 2. The maximum atomic E-state index is 6.24. The standard InChI is InChI=1S/C26H30O5/c1-7-20-22(19-13-14-21(27-4)17(2)15-19)23(18-11-9-8-10-12-18)24(28-5)26(29-6)25(20,3)30-16-31-26/h8-15H,7,16H2,1-6H3. The molecular formula is C26H30O5. The molecule has 0 N–H and O–H groups in total. The van der Waals surface area contributed by atoms with Gasteiger partial charge in [0.15, 0.2) is 18.2 Å². The van der Waals surface area contributed by atoms with E-state index in [1.807, 2.05) is 31.2 Å². The van der Waals surface area contributed by atoms with Crippen LogP contribution in [0.15, 0.2) is 59.9 Å². The molecule has 2 aliphatic rings. The quantitative estimate of drug-likeness (QED) is 0.628. The summed E-state index contributed by atoms with van der Waals surface area (Å²) in [5.74, 6) is 0.304. The molecule has 0 saturated carbocycles. The molecule has 0 bridgehead atoms. The Labute approximate surface area is 184 Å². The molecule has 164 valence electrons. The molecule has 2 aromatic rings. The van der Waals surface area contributed by atoms with E-state index >= 15 is 0 Å². The SMILES string of the molecule is CCC1=C(c2ccc(OC)c(C)c2)C(c2ccccc2)=C(OC)C2(OC)OCOC12C. The van der Waals surface area contributed by atoms with Crippen LogP contribution in [-0.4, -0.2) is 39.5 Å². The fraction of sp³-hybridized carbons (Fsp3) is 0.385. The highest BCUT2D eigenvalue weighted by Gasteiger charge is 2.65. The van der Waals surface area contributed by atoms with E-state index in [1.54, 1.807) is 21.3 Å². The van der Waals surface area contributed by atoms with Gasteiger partial charge in [-0.05, 0) is 60.2 Å². The molecular weight excluding hydrogens is 392 g/mol. The van der Waals surface area contributed by atoms with Crippen LogP contribution in [0.5, 0.6) is 5.75 Å². The number of aryl methyl sites for hydroxylation is 1. The Kier molecular flexibility index (Phi) is 5.69. The van der Waals surface area contributed by atoms with E-state index in [2.05, 4.69) is 38.1 Å². The highest BCUT2D eigenvalue weighted by atomic mass is 16.8. The zero-order valence-corrected chi connectivity index (χ0v) is 19.1. The Balaban J connectivity index is 2.11. The van der Waals surface area contributed by atoms with Crippen molar-refractivity contribution >= 4 is 11.1 Å². The van der Waals surface area contributed by atoms with Gasteiger partial charge >= 0.3 is 0 Å². The minimum absolute atomic E-state index is 0.123. The van der Waals surface area contributed by atoms with E-state index < -0.39 is 11.4 Å². The predicted molar refractivity (Wildman–Crippen MR) is 120 cm³/mol. The minimum Gasteiger partial charge on any atom is -0.496 e. The van der Waals surface area contributed by atoms with Crippen molar-refractivity contribution in [3.8, 4) is 5.75 Å². The van der Waals surface area contributed by atoms with Crippen LogP contribution in [0.25, 0.3) is 11.1 Å². The summed E-state index contributed by atoms with van der Waals surface area (Å²) in [5, 5.41) is 0. The lowest BCUT2D eigenvalue weighted by atomic mass is 9.70. The normalized spacial score (nSPS) is 25.6. The van der Waals surface area contributed by atoms with Gasteiger partial charge in [-0.2, -0.15) is 0 Å². The maximum Gasteiger partial charge on any atom is 0.264 e. The van der Waals surface area contributed by atoms with Gasteiger partial charge in [-0.3, -0.25) is 0 Å². The Bertz CT molecular complexity index is 1040. The van der Waals surface area contributed by atoms with Gasteiger partial charge in [-0.25, -0.2) is 0 Å². The van der Waals surface area contributed by atoms with Crippen molar-refractivity contribution in [3.05, 3.63) is 76.6 Å². The van der Waals surface area contributed by atoms with Crippen molar-refractivity contribution in [1.82, 2.24) is 0 Å². The lowest BCUT2D eigenvalue weighted by Crippen LogP contribution is -2.56. The van der Waals surface area contributed by atoms with Gasteiger partial charge in [0.25, 0.3) is 5.79 Å². The highest BCUT2D eigenvalue weighted by Crippen LogP contribution is 2.57. The zero-order chi connectivity index (χ0) is 22.2. The van der Waals surface area contributed by atoms with E-state index in [4.69, 9.17) is 23.7 Å². The van der Waals surface area contributed by atoms with E-state index in [9.17, 15) is 0 Å². The van der Waals surface area contributed by atoms with Crippen LogP contribution in [0.2, 0.25) is 0 Å². The summed E-state index contributed by atoms with van der Waals surface area (Å²) in [5.41, 5.74) is 5.48. The third-order valence-electron chi connectivity index (χ3n) is 6.48. The van der Waals surface area contributed by atoms with Crippen LogP contribution in [0.4, 0.5) is 0 Å². The number of allylic oxidation sites excluding steroid dienone is 2. The van der Waals surface area contributed by atoms with Crippen molar-refractivity contribution in [2.24, 2.45) is 0 Å². The predicted octanol–water partition coefficient (Wildman–Crippen LogP) is 5.34. The lowest BCUT2D eigenvalue weighted by molar-refractivity contribution is -0.211. The van der Waals surface area contributed by atoms with E-state index in [0.717, 1.165) is 45.6 Å². The molecule has 31 heavy (non-hydrogen) atoms. The van der Waals surface area contributed by atoms with Crippen molar-refractivity contribution < 1.29 is 23.7 Å². The molecule has 0 spiro atoms. The number of hydrogen-bond acceptors (Lipinski definition) is 5. The Morgan fingerprint density at radius 3 is 2.23 bits per heavy atom. The Hall–Kier alpha value is -2.60. The first kappa shape index (κ1) is 21.6. The Morgan fingerprint density at radius 1 is 0.903 bits per heavy atom. The van der Waals surface area contributed by atoms with Crippen LogP contribution >= 0.6 is 0 Å². The van der Waals surface area contributed by atoms with Gasteiger partial charge in [0.05, 0.1) is 14.2 Å². The zero-order valence-electron chi connectivity index (χ0n) is 19.1. The van der Waals surface area contributed by atoms with Gasteiger partial charge in [0.2, 0.25) is 0 Å². The third-order valence-corrected chi connectivity index (χ3v) is 6.48. The molecule has 1 fully saturated rings. The van der Waals surface area contributed by atoms with E-state index in [1.165, 1.54) is 0 Å². The van der Waals surface area contributed by atoms with Crippen molar-refractivity contribution in [2.75, 3.05) is 28.1 Å². The van der Waals surface area contributed by atoms with Gasteiger partial charge in [0, 0.05) is 12.7 Å². The molecule has 1 heterocycles. The summed E-state index contributed by atoms with van der Waals surface area (Å²) in [6, 6.07) is 16.5. The maximum absolute atomic E-state index is 6.24. The molecule has 4 rings (SSSR count). The average molecular weight is 423 g/mol. The molecule has 2 unspecified atom stereocenters. The highest BCUT2D eigenvalue weighted by molar-refractivity contribution is 6.09. The Morgan fingerprint density at radius 2 is 1.65 bits per heavy atom. The van der Waals surface area contributed by atoms with Crippen LogP contribution in [0.1, 0.15) is 37.0 Å². The van der Waals surface area contributed by atoms with Crippen molar-refractivity contribution in [3.63, 3.8) is 0 Å². The monoisotopic (exact) mass is 422 g/mol. The summed E-state index contributed by atoms with van der Waals surface area (Å²) in [6.07, 6.45) is 0.763. The first-order chi connectivity index (χ1) is 15.0. The van der Waals surface area contributed by atoms with Crippen LogP contribution < -0.4 is 4.74 Å². The summed E-state index contributed by atoms with van der Waals surface area (Å²) >= 11 is 0. The van der Waals surface area contributed by atoms with Crippen LogP contribution in [0, 0.1) is 6.92 Å². The van der Waals surface area contributed by atoms with E-state index in [-0.39, 0.29) is 6.79 Å². The fourth-order valence-electron chi connectivity index (χ4n) is 5.03. The lowest BCUT2D eigenvalue weighted by Gasteiger charge is -2.46. The second-order valence-electron chi connectivity index (χ2n) is 7.93. The molecule has 5 nitrogen and oxygen atoms in total.